The van der Waals surface area contributed by atoms with Gasteiger partial charge in [-0.05, 0) is 36.5 Å². The zero-order valence-corrected chi connectivity index (χ0v) is 21.0. The summed E-state index contributed by atoms with van der Waals surface area (Å²) in [6, 6.07) is 1.88. The zero-order chi connectivity index (χ0) is 27.8. The van der Waals surface area contributed by atoms with Crippen LogP contribution < -0.4 is 5.73 Å². The van der Waals surface area contributed by atoms with E-state index in [1.807, 2.05) is 0 Å². The number of amides is 1. The minimum Gasteiger partial charge on any atom is -0.508 e. The van der Waals surface area contributed by atoms with E-state index in [-0.39, 0.29) is 29.7 Å². The van der Waals surface area contributed by atoms with Crippen LogP contribution in [0.1, 0.15) is 17.5 Å². The molecule has 1 amide bonds. The summed E-state index contributed by atoms with van der Waals surface area (Å²) in [5, 5.41) is 53.1. The number of phenols is 1. The van der Waals surface area contributed by atoms with Crippen LogP contribution >= 0.6 is 0 Å². The number of nitrogens with zero attached hydrogens (tertiary/aromatic N) is 4. The molecule has 0 spiro atoms. The van der Waals surface area contributed by atoms with Crippen LogP contribution in [0.15, 0.2) is 35.2 Å². The molecule has 1 saturated carbocycles. The second kappa shape index (κ2) is 8.73. The van der Waals surface area contributed by atoms with Gasteiger partial charge in [0.25, 0.3) is 5.91 Å². The Balaban J connectivity index is 1.54. The first-order chi connectivity index (χ1) is 18.6. The molecule has 3 aliphatic carbocycles. The van der Waals surface area contributed by atoms with Crippen LogP contribution in [0.25, 0.3) is 17.0 Å². The number of carbonyl (C=O) groups excluding carboxylic acids is 3. The average molecular weight is 538 g/mol. The van der Waals surface area contributed by atoms with E-state index in [4.69, 9.17) is 10.5 Å². The third kappa shape index (κ3) is 3.46. The van der Waals surface area contributed by atoms with Crippen molar-refractivity contribution in [2.24, 2.45) is 24.6 Å². The molecule has 204 valence electrons. The van der Waals surface area contributed by atoms with Crippen LogP contribution in [0.4, 0.5) is 0 Å². The van der Waals surface area contributed by atoms with Gasteiger partial charge in [-0.2, -0.15) is 0 Å². The third-order valence-corrected chi connectivity index (χ3v) is 8.37. The number of primary amides is 1. The van der Waals surface area contributed by atoms with E-state index in [0.717, 1.165) is 0 Å². The van der Waals surface area contributed by atoms with Crippen molar-refractivity contribution in [3.63, 3.8) is 0 Å². The Morgan fingerprint density at radius 3 is 2.54 bits per heavy atom. The summed E-state index contributed by atoms with van der Waals surface area (Å²) in [4.78, 5) is 41.6. The monoisotopic (exact) mass is 537 g/mol. The summed E-state index contributed by atoms with van der Waals surface area (Å²) in [7, 11) is 1.70. The lowest BCUT2D eigenvalue weighted by atomic mass is 9.57. The fourth-order valence-corrected chi connectivity index (χ4v) is 6.64. The van der Waals surface area contributed by atoms with Crippen molar-refractivity contribution in [1.29, 1.82) is 0 Å². The van der Waals surface area contributed by atoms with Crippen LogP contribution in [0.2, 0.25) is 0 Å². The molecule has 6 N–H and O–H groups in total. The predicted molar refractivity (Wildman–Crippen MR) is 133 cm³/mol. The molecule has 1 aliphatic heterocycles. The Kier molecular flexibility index (Phi) is 5.64. The lowest BCUT2D eigenvalue weighted by molar-refractivity contribution is -0.157. The molecular weight excluding hydrogens is 510 g/mol. The number of aliphatic hydroxyl groups is 3. The summed E-state index contributed by atoms with van der Waals surface area (Å²) in [5.41, 5.74) is 3.35. The molecule has 0 radical (unpaired) electrons. The highest BCUT2D eigenvalue weighted by Crippen LogP contribution is 2.53. The van der Waals surface area contributed by atoms with E-state index in [1.165, 1.54) is 10.7 Å². The normalized spacial score (nSPS) is 29.2. The van der Waals surface area contributed by atoms with Gasteiger partial charge in [0.1, 0.15) is 28.5 Å². The number of fused-ring (bicyclic) bond motifs is 3. The van der Waals surface area contributed by atoms with E-state index < -0.39 is 58.0 Å². The number of hydrogen-bond acceptors (Lipinski definition) is 11. The van der Waals surface area contributed by atoms with E-state index in [0.29, 0.717) is 43.1 Å². The first-order valence-corrected chi connectivity index (χ1v) is 12.6. The van der Waals surface area contributed by atoms with Crippen LogP contribution in [0, 0.1) is 11.8 Å². The third-order valence-electron chi connectivity index (χ3n) is 8.37. The van der Waals surface area contributed by atoms with Crippen molar-refractivity contribution in [2.75, 3.05) is 26.3 Å². The van der Waals surface area contributed by atoms with Crippen molar-refractivity contribution in [2.45, 2.75) is 24.5 Å². The summed E-state index contributed by atoms with van der Waals surface area (Å²) in [6.07, 6.45) is 1.86. The molecule has 13 heteroatoms. The van der Waals surface area contributed by atoms with Gasteiger partial charge in [-0.15, -0.1) is 5.10 Å². The van der Waals surface area contributed by atoms with Gasteiger partial charge in [-0.1, -0.05) is 5.21 Å². The largest absolute Gasteiger partial charge is 0.508 e. The minimum atomic E-state index is -2.68. The molecule has 6 rings (SSSR count). The molecule has 1 saturated heterocycles. The van der Waals surface area contributed by atoms with Gasteiger partial charge in [0, 0.05) is 37.2 Å². The number of ether oxygens (including phenoxy) is 1. The van der Waals surface area contributed by atoms with Crippen molar-refractivity contribution >= 4 is 23.2 Å². The molecule has 4 aliphatic rings. The van der Waals surface area contributed by atoms with Crippen LogP contribution in [-0.4, -0.2) is 95.7 Å². The van der Waals surface area contributed by atoms with Crippen molar-refractivity contribution < 1.29 is 39.5 Å². The number of aromatic hydroxyl groups is 1. The first kappa shape index (κ1) is 25.2. The maximum Gasteiger partial charge on any atom is 0.255 e. The number of rotatable bonds is 3. The quantitative estimate of drug-likeness (QED) is 0.317. The molecule has 0 bridgehead atoms. The zero-order valence-electron chi connectivity index (χ0n) is 21.0. The Bertz CT molecular complexity index is 1500. The molecule has 2 heterocycles. The maximum atomic E-state index is 14.0. The number of carbonyl (C=O) groups is 3. The summed E-state index contributed by atoms with van der Waals surface area (Å²) >= 11 is 0. The van der Waals surface area contributed by atoms with E-state index in [2.05, 4.69) is 10.3 Å². The second-order valence-electron chi connectivity index (χ2n) is 10.4. The van der Waals surface area contributed by atoms with Gasteiger partial charge in [0.2, 0.25) is 5.78 Å². The number of ketones is 2. The molecule has 1 aromatic heterocycles. The highest BCUT2D eigenvalue weighted by atomic mass is 16.5. The highest BCUT2D eigenvalue weighted by Gasteiger charge is 2.64. The number of nitrogens with two attached hydrogens (primary N) is 1. The SMILES string of the molecule is Cn1cc(-c2ccc(O)c3c2CC2CC4C(N5CCOCC5)C(=O)C(C(N)=O)=C(O)C4(O)C(=O)C2=C3O)nn1. The Labute approximate surface area is 221 Å². The number of hydrogen-bond donors (Lipinski definition) is 5. The Morgan fingerprint density at radius 1 is 1.18 bits per heavy atom. The van der Waals surface area contributed by atoms with Gasteiger partial charge in [-0.25, -0.2) is 0 Å². The van der Waals surface area contributed by atoms with Crippen molar-refractivity contribution in [1.82, 2.24) is 19.9 Å². The van der Waals surface area contributed by atoms with Gasteiger partial charge in [0.15, 0.2) is 11.4 Å². The number of aromatic nitrogens is 3. The predicted octanol–water partition coefficient (Wildman–Crippen LogP) is -0.470. The van der Waals surface area contributed by atoms with Gasteiger partial charge in [0.05, 0.1) is 31.0 Å². The highest BCUT2D eigenvalue weighted by molar-refractivity contribution is 6.24. The molecule has 2 aromatic rings. The van der Waals surface area contributed by atoms with Crippen LogP contribution in [0.3, 0.4) is 0 Å². The molecule has 39 heavy (non-hydrogen) atoms. The van der Waals surface area contributed by atoms with Gasteiger partial charge < -0.3 is 30.9 Å². The molecule has 2 fully saturated rings. The lowest BCUT2D eigenvalue weighted by Crippen LogP contribution is -2.67. The molecule has 13 nitrogen and oxygen atoms in total. The first-order valence-electron chi connectivity index (χ1n) is 12.6. The minimum absolute atomic E-state index is 0.00927. The fraction of sp³-hybridized carbons (Fsp3) is 0.423. The van der Waals surface area contributed by atoms with Crippen molar-refractivity contribution in [3.05, 3.63) is 46.4 Å². The smallest absolute Gasteiger partial charge is 0.255 e. The van der Waals surface area contributed by atoms with E-state index in [1.54, 1.807) is 24.2 Å². The number of morpholine rings is 1. The number of benzene rings is 1. The molecule has 1 aromatic carbocycles. The van der Waals surface area contributed by atoms with E-state index in [9.17, 15) is 34.8 Å². The van der Waals surface area contributed by atoms with Crippen LogP contribution in [-0.2, 0) is 32.6 Å². The lowest BCUT2D eigenvalue weighted by Gasteiger charge is -2.51. The number of Topliss-reactive ketones (excluding diaryl/α,β-unsaturated/α-hetero) is 2. The van der Waals surface area contributed by atoms with Gasteiger partial charge >= 0.3 is 0 Å². The maximum absolute atomic E-state index is 14.0. The van der Waals surface area contributed by atoms with E-state index >= 15 is 0 Å². The fourth-order valence-electron chi connectivity index (χ4n) is 6.64. The number of aryl methyl sites for hydroxylation is 1. The summed E-state index contributed by atoms with van der Waals surface area (Å²) in [5.74, 6) is -6.84. The number of aliphatic hydroxyl groups excluding tert-OH is 2. The summed E-state index contributed by atoms with van der Waals surface area (Å²) in [6.45, 7) is 1.20. The van der Waals surface area contributed by atoms with Gasteiger partial charge in [-0.3, -0.25) is 24.0 Å². The topological polar surface area (TPSA) is 201 Å². The molecular formula is C26H27N5O8. The van der Waals surface area contributed by atoms with Crippen molar-refractivity contribution in [3.8, 4) is 17.0 Å². The Hall–Kier alpha value is -4.07. The molecule has 4 atom stereocenters. The summed E-state index contributed by atoms with van der Waals surface area (Å²) < 4.78 is 6.91. The standard InChI is InChI=1S/C26H27N5O8/c1-30-10-15(28-29-30)12-2-3-16(32)18-13(12)8-11-9-14-20(31-4-6-39-7-5-31)22(34)19(25(27)37)24(36)26(14,38)23(35)17(11)21(18)33/h2-3,10-11,14,20,32-33,36,38H,4-9H2,1H3,(H2,27,37). The molecule has 4 unspecified atom stereocenters. The van der Waals surface area contributed by atoms with Crippen LogP contribution in [0.5, 0.6) is 5.75 Å². The second-order valence-corrected chi connectivity index (χ2v) is 10.4. The average Bonchev–Trinajstić information content (AvgIpc) is 3.32. The number of phenolic OH excluding ortho intramolecular Hbond substituents is 1. The Morgan fingerprint density at radius 2 is 1.90 bits per heavy atom.